The van der Waals surface area contributed by atoms with Gasteiger partial charge in [0.25, 0.3) is 0 Å². The predicted molar refractivity (Wildman–Crippen MR) is 97.7 cm³/mol. The normalized spacial score (nSPS) is 11.4. The number of benzene rings is 2. The third kappa shape index (κ3) is 4.69. The molecular weight excluding hydrogens is 334 g/mol. The number of rotatable bonds is 6. The van der Waals surface area contributed by atoms with Crippen LogP contribution in [0.3, 0.4) is 0 Å². The lowest BCUT2D eigenvalue weighted by Gasteiger charge is -2.14. The zero-order chi connectivity index (χ0) is 19.3. The third-order valence-electron chi connectivity index (χ3n) is 3.72. The Bertz CT molecular complexity index is 827. The number of methoxy groups -OCH3 is 1. The summed E-state index contributed by atoms with van der Waals surface area (Å²) in [7, 11) is 1.46. The van der Waals surface area contributed by atoms with Crippen molar-refractivity contribution in [1.29, 1.82) is 0 Å². The average molecular weight is 355 g/mol. The van der Waals surface area contributed by atoms with Gasteiger partial charge < -0.3 is 14.8 Å². The van der Waals surface area contributed by atoms with Crippen molar-refractivity contribution in [3.8, 4) is 5.75 Å². The smallest absolute Gasteiger partial charge is 0.342 e. The molecule has 0 spiro atoms. The van der Waals surface area contributed by atoms with Gasteiger partial charge in [-0.25, -0.2) is 4.79 Å². The molecule has 136 valence electrons. The van der Waals surface area contributed by atoms with Crippen molar-refractivity contribution in [3.63, 3.8) is 0 Å². The molecule has 0 aliphatic carbocycles. The highest BCUT2D eigenvalue weighted by molar-refractivity contribution is 6.02. The summed E-state index contributed by atoms with van der Waals surface area (Å²) in [4.78, 5) is 35.9. The Labute approximate surface area is 152 Å². The van der Waals surface area contributed by atoms with E-state index >= 15 is 0 Å². The highest BCUT2D eigenvalue weighted by Gasteiger charge is 2.22. The van der Waals surface area contributed by atoms with E-state index in [0.717, 1.165) is 5.56 Å². The maximum absolute atomic E-state index is 12.5. The second-order valence-corrected chi connectivity index (χ2v) is 5.87. The summed E-state index contributed by atoms with van der Waals surface area (Å²) >= 11 is 0. The van der Waals surface area contributed by atoms with E-state index in [0.29, 0.717) is 17.0 Å². The quantitative estimate of drug-likeness (QED) is 0.634. The van der Waals surface area contributed by atoms with Gasteiger partial charge in [-0.15, -0.1) is 0 Å². The number of amides is 1. The standard InChI is InChI=1S/C20H21NO5/c1-12-5-10-18(25-4)17(11-12)20(24)26-13(2)19(23)15-6-8-16(9-7-15)21-14(3)22/h5-11,13H,1-4H3,(H,21,22)/t13-/m0/s1. The van der Waals surface area contributed by atoms with E-state index in [1.165, 1.54) is 21.0 Å². The summed E-state index contributed by atoms with van der Waals surface area (Å²) in [6.07, 6.45) is -0.959. The van der Waals surface area contributed by atoms with Crippen LogP contribution in [-0.4, -0.2) is 30.9 Å². The fourth-order valence-electron chi connectivity index (χ4n) is 2.41. The van der Waals surface area contributed by atoms with Crippen molar-refractivity contribution in [1.82, 2.24) is 0 Å². The van der Waals surface area contributed by atoms with Crippen LogP contribution < -0.4 is 10.1 Å². The molecule has 0 fully saturated rings. The number of carbonyl (C=O) groups is 3. The molecule has 26 heavy (non-hydrogen) atoms. The Morgan fingerprint density at radius 2 is 1.69 bits per heavy atom. The van der Waals surface area contributed by atoms with Crippen LogP contribution in [-0.2, 0) is 9.53 Å². The topological polar surface area (TPSA) is 81.7 Å². The summed E-state index contributed by atoms with van der Waals surface area (Å²) in [5.74, 6) is -0.765. The van der Waals surface area contributed by atoms with Gasteiger partial charge >= 0.3 is 5.97 Å². The SMILES string of the molecule is COc1ccc(C)cc1C(=O)O[C@@H](C)C(=O)c1ccc(NC(C)=O)cc1. The number of hydrogen-bond acceptors (Lipinski definition) is 5. The molecule has 0 aliphatic heterocycles. The number of aryl methyl sites for hydroxylation is 1. The average Bonchev–Trinajstić information content (AvgIpc) is 2.61. The van der Waals surface area contributed by atoms with Crippen molar-refractivity contribution < 1.29 is 23.9 Å². The first-order valence-electron chi connectivity index (χ1n) is 8.09. The number of anilines is 1. The minimum atomic E-state index is -0.959. The third-order valence-corrected chi connectivity index (χ3v) is 3.72. The molecule has 1 N–H and O–H groups in total. The summed E-state index contributed by atoms with van der Waals surface area (Å²) in [6, 6.07) is 11.5. The fraction of sp³-hybridized carbons (Fsp3) is 0.250. The van der Waals surface area contributed by atoms with E-state index in [1.807, 2.05) is 13.0 Å². The lowest BCUT2D eigenvalue weighted by molar-refractivity contribution is -0.114. The van der Waals surface area contributed by atoms with E-state index in [9.17, 15) is 14.4 Å². The monoisotopic (exact) mass is 355 g/mol. The van der Waals surface area contributed by atoms with Crippen molar-refractivity contribution in [2.45, 2.75) is 26.9 Å². The maximum Gasteiger partial charge on any atom is 0.342 e. The van der Waals surface area contributed by atoms with Gasteiger partial charge in [-0.3, -0.25) is 9.59 Å². The van der Waals surface area contributed by atoms with Crippen LogP contribution in [0, 0.1) is 6.92 Å². The summed E-state index contributed by atoms with van der Waals surface area (Å²) in [6.45, 7) is 4.77. The number of ether oxygens (including phenoxy) is 2. The molecule has 0 saturated heterocycles. The molecule has 0 aliphatic rings. The molecule has 6 nitrogen and oxygen atoms in total. The van der Waals surface area contributed by atoms with Gasteiger partial charge in [-0.2, -0.15) is 0 Å². The van der Waals surface area contributed by atoms with Crippen molar-refractivity contribution in [2.75, 3.05) is 12.4 Å². The van der Waals surface area contributed by atoms with Crippen LogP contribution in [0.25, 0.3) is 0 Å². The van der Waals surface area contributed by atoms with E-state index in [4.69, 9.17) is 9.47 Å². The zero-order valence-corrected chi connectivity index (χ0v) is 15.2. The molecule has 6 heteroatoms. The molecule has 2 aromatic carbocycles. The number of hydrogen-bond donors (Lipinski definition) is 1. The lowest BCUT2D eigenvalue weighted by Crippen LogP contribution is -2.24. The first-order chi connectivity index (χ1) is 12.3. The second kappa shape index (κ2) is 8.29. The lowest BCUT2D eigenvalue weighted by atomic mass is 10.1. The van der Waals surface area contributed by atoms with Crippen LogP contribution in [0.15, 0.2) is 42.5 Å². The van der Waals surface area contributed by atoms with Crippen molar-refractivity contribution >= 4 is 23.3 Å². The van der Waals surface area contributed by atoms with Gasteiger partial charge in [0.15, 0.2) is 6.10 Å². The minimum absolute atomic E-state index is 0.196. The molecule has 0 radical (unpaired) electrons. The molecule has 2 aromatic rings. The molecule has 0 unspecified atom stereocenters. The number of Topliss-reactive ketones (excluding diaryl/α,β-unsaturated/α-hetero) is 1. The fourth-order valence-corrected chi connectivity index (χ4v) is 2.41. The van der Waals surface area contributed by atoms with Crippen molar-refractivity contribution in [3.05, 3.63) is 59.2 Å². The Morgan fingerprint density at radius 1 is 1.04 bits per heavy atom. The molecular formula is C20H21NO5. The van der Waals surface area contributed by atoms with E-state index < -0.39 is 12.1 Å². The van der Waals surface area contributed by atoms with Gasteiger partial charge in [0, 0.05) is 18.2 Å². The molecule has 2 rings (SSSR count). The number of carbonyl (C=O) groups excluding carboxylic acids is 3. The summed E-state index contributed by atoms with van der Waals surface area (Å²) in [5, 5.41) is 2.62. The first-order valence-corrected chi connectivity index (χ1v) is 8.09. The molecule has 0 aromatic heterocycles. The predicted octanol–water partition coefficient (Wildman–Crippen LogP) is 3.39. The van der Waals surface area contributed by atoms with E-state index in [-0.39, 0.29) is 17.3 Å². The molecule has 0 bridgehead atoms. The summed E-state index contributed by atoms with van der Waals surface area (Å²) < 4.78 is 10.5. The highest BCUT2D eigenvalue weighted by atomic mass is 16.5. The van der Waals surface area contributed by atoms with E-state index in [1.54, 1.807) is 36.4 Å². The van der Waals surface area contributed by atoms with Crippen LogP contribution in [0.5, 0.6) is 5.75 Å². The Kier molecular flexibility index (Phi) is 6.11. The van der Waals surface area contributed by atoms with E-state index in [2.05, 4.69) is 5.32 Å². The van der Waals surface area contributed by atoms with Crippen LogP contribution in [0.4, 0.5) is 5.69 Å². The maximum atomic E-state index is 12.5. The Morgan fingerprint density at radius 3 is 2.27 bits per heavy atom. The van der Waals surface area contributed by atoms with Gasteiger partial charge in [-0.05, 0) is 50.2 Å². The molecule has 1 amide bonds. The van der Waals surface area contributed by atoms with Gasteiger partial charge in [0.05, 0.1) is 7.11 Å². The Hall–Kier alpha value is -3.15. The largest absolute Gasteiger partial charge is 0.496 e. The second-order valence-electron chi connectivity index (χ2n) is 5.87. The molecule has 0 saturated carbocycles. The van der Waals surface area contributed by atoms with Crippen molar-refractivity contribution in [2.24, 2.45) is 0 Å². The zero-order valence-electron chi connectivity index (χ0n) is 15.2. The highest BCUT2D eigenvalue weighted by Crippen LogP contribution is 2.22. The van der Waals surface area contributed by atoms with Gasteiger partial charge in [0.1, 0.15) is 11.3 Å². The van der Waals surface area contributed by atoms with Crippen LogP contribution in [0.1, 0.15) is 40.1 Å². The number of esters is 1. The Balaban J connectivity index is 2.10. The number of ketones is 1. The molecule has 0 heterocycles. The van der Waals surface area contributed by atoms with Crippen LogP contribution >= 0.6 is 0 Å². The molecule has 1 atom stereocenters. The van der Waals surface area contributed by atoms with Gasteiger partial charge in [0.2, 0.25) is 11.7 Å². The summed E-state index contributed by atoms with van der Waals surface area (Å²) in [5.41, 5.74) is 2.12. The first kappa shape index (κ1) is 19.2. The number of nitrogens with one attached hydrogen (secondary N) is 1. The van der Waals surface area contributed by atoms with Crippen LogP contribution in [0.2, 0.25) is 0 Å². The minimum Gasteiger partial charge on any atom is -0.496 e. The van der Waals surface area contributed by atoms with Gasteiger partial charge in [-0.1, -0.05) is 11.6 Å².